The summed E-state index contributed by atoms with van der Waals surface area (Å²) in [5.74, 6) is -1.09. The number of carbonyl (C=O) groups is 1. The summed E-state index contributed by atoms with van der Waals surface area (Å²) in [5, 5.41) is 11.4. The van der Waals surface area contributed by atoms with Gasteiger partial charge in [-0.15, -0.1) is 0 Å². The highest BCUT2D eigenvalue weighted by molar-refractivity contribution is 6.34. The lowest BCUT2D eigenvalue weighted by molar-refractivity contribution is 0.102. The molecule has 94 valence electrons. The Hall–Kier alpha value is -2.45. The normalized spacial score (nSPS) is 9.74. The Balaban J connectivity index is 2.25. The molecule has 0 bridgehead atoms. The molecular formula is C13H7ClFN3O. The van der Waals surface area contributed by atoms with E-state index in [1.807, 2.05) is 0 Å². The van der Waals surface area contributed by atoms with Gasteiger partial charge in [0.25, 0.3) is 5.91 Å². The number of anilines is 1. The van der Waals surface area contributed by atoms with Crippen LogP contribution in [-0.2, 0) is 0 Å². The van der Waals surface area contributed by atoms with Gasteiger partial charge in [-0.05, 0) is 24.3 Å². The first-order valence-corrected chi connectivity index (χ1v) is 5.60. The number of halogens is 2. The maximum absolute atomic E-state index is 13.1. The molecule has 0 saturated heterocycles. The number of benzene rings is 1. The third-order valence-corrected chi connectivity index (χ3v) is 2.66. The molecule has 0 atom stereocenters. The molecule has 0 unspecified atom stereocenters. The van der Waals surface area contributed by atoms with Crippen LogP contribution in [0, 0.1) is 17.1 Å². The van der Waals surface area contributed by atoms with Gasteiger partial charge in [0.1, 0.15) is 11.9 Å². The van der Waals surface area contributed by atoms with Crippen LogP contribution in [0.5, 0.6) is 0 Å². The zero-order chi connectivity index (χ0) is 13.8. The summed E-state index contributed by atoms with van der Waals surface area (Å²) in [7, 11) is 0. The molecule has 2 rings (SSSR count). The predicted octanol–water partition coefficient (Wildman–Crippen LogP) is 3.00. The van der Waals surface area contributed by atoms with Crippen LogP contribution in [0.4, 0.5) is 10.1 Å². The fraction of sp³-hybridized carbons (Fsp3) is 0. The van der Waals surface area contributed by atoms with E-state index in [1.165, 1.54) is 30.6 Å². The number of nitrogens with one attached hydrogen (secondary N) is 1. The van der Waals surface area contributed by atoms with Gasteiger partial charge in [-0.1, -0.05) is 11.6 Å². The maximum Gasteiger partial charge on any atom is 0.257 e. The smallest absolute Gasteiger partial charge is 0.257 e. The Morgan fingerprint density at radius 1 is 1.42 bits per heavy atom. The highest BCUT2D eigenvalue weighted by Crippen LogP contribution is 2.18. The van der Waals surface area contributed by atoms with E-state index in [2.05, 4.69) is 10.3 Å². The van der Waals surface area contributed by atoms with Gasteiger partial charge in [0.2, 0.25) is 0 Å². The Labute approximate surface area is 113 Å². The third-order valence-electron chi connectivity index (χ3n) is 2.36. The van der Waals surface area contributed by atoms with Crippen LogP contribution < -0.4 is 5.32 Å². The van der Waals surface area contributed by atoms with E-state index in [4.69, 9.17) is 16.9 Å². The molecular weight excluding hydrogens is 269 g/mol. The highest BCUT2D eigenvalue weighted by atomic mass is 35.5. The summed E-state index contributed by atoms with van der Waals surface area (Å²) >= 11 is 5.83. The van der Waals surface area contributed by atoms with E-state index < -0.39 is 11.7 Å². The van der Waals surface area contributed by atoms with E-state index in [9.17, 15) is 9.18 Å². The van der Waals surface area contributed by atoms with Crippen LogP contribution in [0.1, 0.15) is 15.9 Å². The summed E-state index contributed by atoms with van der Waals surface area (Å²) in [6, 6.07) is 6.89. The third kappa shape index (κ3) is 2.87. The van der Waals surface area contributed by atoms with E-state index in [0.717, 1.165) is 6.07 Å². The maximum atomic E-state index is 13.1. The van der Waals surface area contributed by atoms with Gasteiger partial charge >= 0.3 is 0 Å². The molecule has 1 heterocycles. The number of nitriles is 1. The van der Waals surface area contributed by atoms with Crippen molar-refractivity contribution in [2.24, 2.45) is 0 Å². The first-order chi connectivity index (χ1) is 9.11. The van der Waals surface area contributed by atoms with Gasteiger partial charge < -0.3 is 5.32 Å². The molecule has 1 amide bonds. The van der Waals surface area contributed by atoms with Gasteiger partial charge in [0.15, 0.2) is 0 Å². The second kappa shape index (κ2) is 5.46. The number of hydrogen-bond donors (Lipinski definition) is 1. The number of aromatic nitrogens is 1. The van der Waals surface area contributed by atoms with Crippen molar-refractivity contribution in [2.45, 2.75) is 0 Å². The van der Waals surface area contributed by atoms with Crippen molar-refractivity contribution in [3.8, 4) is 6.07 Å². The lowest BCUT2D eigenvalue weighted by Gasteiger charge is -2.06. The van der Waals surface area contributed by atoms with Crippen molar-refractivity contribution in [1.29, 1.82) is 5.26 Å². The molecule has 19 heavy (non-hydrogen) atoms. The quantitative estimate of drug-likeness (QED) is 0.916. The minimum absolute atomic E-state index is 0.140. The van der Waals surface area contributed by atoms with Crippen LogP contribution in [0.2, 0.25) is 5.02 Å². The van der Waals surface area contributed by atoms with E-state index in [0.29, 0.717) is 5.69 Å². The van der Waals surface area contributed by atoms with Gasteiger partial charge in [-0.3, -0.25) is 9.78 Å². The van der Waals surface area contributed by atoms with Crippen molar-refractivity contribution >= 4 is 23.2 Å². The van der Waals surface area contributed by atoms with Crippen molar-refractivity contribution in [1.82, 2.24) is 4.98 Å². The fourth-order valence-electron chi connectivity index (χ4n) is 1.45. The number of carbonyl (C=O) groups excluding carboxylic acids is 1. The molecule has 4 nitrogen and oxygen atoms in total. The second-order valence-electron chi connectivity index (χ2n) is 3.62. The molecule has 0 spiro atoms. The van der Waals surface area contributed by atoms with Crippen LogP contribution >= 0.6 is 11.6 Å². The zero-order valence-electron chi connectivity index (χ0n) is 9.52. The largest absolute Gasteiger partial charge is 0.322 e. The monoisotopic (exact) mass is 275 g/mol. The Bertz CT molecular complexity index is 682. The van der Waals surface area contributed by atoms with Gasteiger partial charge in [-0.25, -0.2) is 4.39 Å². The standard InChI is InChI=1S/C13H7ClFN3O/c14-11-7-17-4-3-10(11)13(19)18-9-1-2-12(15)8(5-9)6-16/h1-5,7H,(H,18,19). The molecule has 0 aliphatic heterocycles. The minimum Gasteiger partial charge on any atom is -0.322 e. The molecule has 1 aromatic carbocycles. The van der Waals surface area contributed by atoms with Crippen molar-refractivity contribution in [3.05, 3.63) is 58.6 Å². The fourth-order valence-corrected chi connectivity index (χ4v) is 1.65. The Morgan fingerprint density at radius 3 is 2.89 bits per heavy atom. The number of rotatable bonds is 2. The topological polar surface area (TPSA) is 65.8 Å². The van der Waals surface area contributed by atoms with E-state index in [-0.39, 0.29) is 16.1 Å². The average molecular weight is 276 g/mol. The Morgan fingerprint density at radius 2 is 2.21 bits per heavy atom. The molecule has 1 aromatic heterocycles. The lowest BCUT2D eigenvalue weighted by Crippen LogP contribution is -2.12. The summed E-state index contributed by atoms with van der Waals surface area (Å²) < 4.78 is 13.1. The average Bonchev–Trinajstić information content (AvgIpc) is 2.41. The van der Waals surface area contributed by atoms with Crippen LogP contribution in [-0.4, -0.2) is 10.9 Å². The van der Waals surface area contributed by atoms with Gasteiger partial charge in [-0.2, -0.15) is 5.26 Å². The minimum atomic E-state index is -0.637. The summed E-state index contributed by atoms with van der Waals surface area (Å²) in [6.45, 7) is 0. The highest BCUT2D eigenvalue weighted by Gasteiger charge is 2.11. The molecule has 1 N–H and O–H groups in total. The molecule has 2 aromatic rings. The first-order valence-electron chi connectivity index (χ1n) is 5.22. The van der Waals surface area contributed by atoms with Crippen molar-refractivity contribution in [3.63, 3.8) is 0 Å². The SMILES string of the molecule is N#Cc1cc(NC(=O)c2ccncc2Cl)ccc1F. The predicted molar refractivity (Wildman–Crippen MR) is 68.3 cm³/mol. The van der Waals surface area contributed by atoms with Crippen molar-refractivity contribution < 1.29 is 9.18 Å². The van der Waals surface area contributed by atoms with Crippen LogP contribution in [0.25, 0.3) is 0 Å². The molecule has 0 fully saturated rings. The number of nitrogens with zero attached hydrogens (tertiary/aromatic N) is 2. The molecule has 6 heteroatoms. The van der Waals surface area contributed by atoms with Gasteiger partial charge in [0, 0.05) is 18.1 Å². The molecule has 0 saturated carbocycles. The zero-order valence-corrected chi connectivity index (χ0v) is 10.3. The second-order valence-corrected chi connectivity index (χ2v) is 4.02. The van der Waals surface area contributed by atoms with E-state index in [1.54, 1.807) is 6.07 Å². The van der Waals surface area contributed by atoms with Crippen LogP contribution in [0.3, 0.4) is 0 Å². The number of pyridine rings is 1. The molecule has 0 aliphatic rings. The molecule has 0 radical (unpaired) electrons. The summed E-state index contributed by atoms with van der Waals surface area (Å²) in [4.78, 5) is 15.7. The number of hydrogen-bond acceptors (Lipinski definition) is 3. The summed E-state index contributed by atoms with van der Waals surface area (Å²) in [6.07, 6.45) is 2.79. The van der Waals surface area contributed by atoms with Gasteiger partial charge in [0.05, 0.1) is 16.1 Å². The van der Waals surface area contributed by atoms with Crippen molar-refractivity contribution in [2.75, 3.05) is 5.32 Å². The first kappa shape index (κ1) is 13.0. The lowest BCUT2D eigenvalue weighted by atomic mass is 10.2. The van der Waals surface area contributed by atoms with E-state index >= 15 is 0 Å². The summed E-state index contributed by atoms with van der Waals surface area (Å²) in [5.41, 5.74) is 0.425. The molecule has 0 aliphatic carbocycles. The van der Waals surface area contributed by atoms with Crippen LogP contribution in [0.15, 0.2) is 36.7 Å². The Kier molecular flexibility index (Phi) is 3.74. The number of amides is 1.